The summed E-state index contributed by atoms with van der Waals surface area (Å²) in [5.41, 5.74) is 2.62. The lowest BCUT2D eigenvalue weighted by Crippen LogP contribution is -2.33. The van der Waals surface area contributed by atoms with Gasteiger partial charge in [-0.05, 0) is 73.9 Å². The van der Waals surface area contributed by atoms with Crippen molar-refractivity contribution in [2.45, 2.75) is 20.8 Å². The third-order valence-corrected chi connectivity index (χ3v) is 5.46. The molecule has 4 rings (SSSR count). The fourth-order valence-electron chi connectivity index (χ4n) is 3.63. The van der Waals surface area contributed by atoms with Gasteiger partial charge in [-0.1, -0.05) is 18.2 Å². The summed E-state index contributed by atoms with van der Waals surface area (Å²) in [7, 11) is 0. The van der Waals surface area contributed by atoms with Gasteiger partial charge in [-0.2, -0.15) is 0 Å². The molecule has 33 heavy (non-hydrogen) atoms. The van der Waals surface area contributed by atoms with Crippen molar-refractivity contribution >= 4 is 28.8 Å². The minimum atomic E-state index is -0.875. The molecule has 2 amide bonds. The Hall–Kier alpha value is -4.00. The van der Waals surface area contributed by atoms with Crippen molar-refractivity contribution in [2.24, 2.45) is 0 Å². The number of carbonyl (C=O) groups excluding carboxylic acids is 2. The summed E-state index contributed by atoms with van der Waals surface area (Å²) in [6.45, 7) is 6.21. The number of imide groups is 1. The van der Waals surface area contributed by atoms with Crippen molar-refractivity contribution in [1.82, 2.24) is 0 Å². The number of ether oxygens (including phenoxy) is 1. The third kappa shape index (κ3) is 4.22. The smallest absolute Gasteiger partial charge is 0.282 e. The maximum absolute atomic E-state index is 14.5. The maximum atomic E-state index is 14.5. The van der Waals surface area contributed by atoms with Crippen molar-refractivity contribution in [3.8, 4) is 5.75 Å². The SMILES string of the molecule is CCOc1ccc(NC2=C(c3ccc(C)c(C)c3)C(=O)N(c3cc(F)ccc3F)C2=O)cc1. The van der Waals surface area contributed by atoms with E-state index >= 15 is 0 Å². The number of carbonyl (C=O) groups is 2. The van der Waals surface area contributed by atoms with Crippen molar-refractivity contribution in [3.63, 3.8) is 0 Å². The van der Waals surface area contributed by atoms with E-state index in [9.17, 15) is 18.4 Å². The van der Waals surface area contributed by atoms with E-state index in [0.29, 0.717) is 28.5 Å². The van der Waals surface area contributed by atoms with Gasteiger partial charge in [0.15, 0.2) is 0 Å². The zero-order valence-corrected chi connectivity index (χ0v) is 18.4. The van der Waals surface area contributed by atoms with Gasteiger partial charge in [0, 0.05) is 11.8 Å². The Balaban J connectivity index is 1.82. The molecule has 0 spiro atoms. The molecule has 0 aromatic heterocycles. The van der Waals surface area contributed by atoms with E-state index in [4.69, 9.17) is 4.74 Å². The van der Waals surface area contributed by atoms with Gasteiger partial charge in [0.1, 0.15) is 23.1 Å². The van der Waals surface area contributed by atoms with Gasteiger partial charge in [-0.3, -0.25) is 9.59 Å². The van der Waals surface area contributed by atoms with Crippen LogP contribution >= 0.6 is 0 Å². The molecule has 7 heteroatoms. The van der Waals surface area contributed by atoms with Crippen molar-refractivity contribution in [2.75, 3.05) is 16.8 Å². The first-order valence-electron chi connectivity index (χ1n) is 10.5. The first-order valence-corrected chi connectivity index (χ1v) is 10.5. The van der Waals surface area contributed by atoms with E-state index in [1.807, 2.05) is 26.8 Å². The molecule has 0 saturated heterocycles. The number of rotatable bonds is 6. The molecule has 1 heterocycles. The molecule has 1 aliphatic heterocycles. The van der Waals surface area contributed by atoms with Crippen LogP contribution < -0.4 is 15.0 Å². The quantitative estimate of drug-likeness (QED) is 0.515. The second kappa shape index (κ2) is 8.86. The maximum Gasteiger partial charge on any atom is 0.282 e. The summed E-state index contributed by atoms with van der Waals surface area (Å²) in [6.07, 6.45) is 0. The van der Waals surface area contributed by atoms with Crippen LogP contribution in [-0.2, 0) is 9.59 Å². The molecule has 0 bridgehead atoms. The van der Waals surface area contributed by atoms with Crippen LogP contribution in [0.3, 0.4) is 0 Å². The highest BCUT2D eigenvalue weighted by Gasteiger charge is 2.41. The average Bonchev–Trinajstić information content (AvgIpc) is 3.03. The number of hydrogen-bond donors (Lipinski definition) is 1. The molecule has 3 aromatic carbocycles. The normalized spacial score (nSPS) is 13.7. The van der Waals surface area contributed by atoms with Crippen molar-refractivity contribution < 1.29 is 23.1 Å². The lowest BCUT2D eigenvalue weighted by atomic mass is 9.99. The second-order valence-electron chi connectivity index (χ2n) is 7.67. The van der Waals surface area contributed by atoms with Gasteiger partial charge in [-0.15, -0.1) is 0 Å². The molecule has 0 atom stereocenters. The van der Waals surface area contributed by atoms with E-state index in [-0.39, 0.29) is 11.3 Å². The lowest BCUT2D eigenvalue weighted by Gasteiger charge is -2.16. The largest absolute Gasteiger partial charge is 0.494 e. The Morgan fingerprint density at radius 1 is 0.879 bits per heavy atom. The number of hydrogen-bond acceptors (Lipinski definition) is 4. The molecule has 0 aliphatic carbocycles. The molecule has 168 valence electrons. The number of nitrogens with one attached hydrogen (secondary N) is 1. The van der Waals surface area contributed by atoms with Crippen molar-refractivity contribution in [1.29, 1.82) is 0 Å². The van der Waals surface area contributed by atoms with E-state index in [1.165, 1.54) is 0 Å². The molecule has 5 nitrogen and oxygen atoms in total. The number of benzene rings is 3. The fraction of sp³-hybridized carbons (Fsp3) is 0.154. The standard InChI is InChI=1S/C26H22F2N2O3/c1-4-33-20-10-8-19(9-11-20)29-24-23(17-6-5-15(2)16(3)13-17)25(31)30(26(24)32)22-14-18(27)7-12-21(22)28/h5-14,29H,4H2,1-3H3. The molecule has 0 saturated carbocycles. The average molecular weight is 448 g/mol. The highest BCUT2D eigenvalue weighted by molar-refractivity contribution is 6.46. The molecule has 1 N–H and O–H groups in total. The number of nitrogens with zero attached hydrogens (tertiary/aromatic N) is 1. The number of halogens is 2. The molecule has 1 aliphatic rings. The first-order chi connectivity index (χ1) is 15.8. The van der Waals surface area contributed by atoms with Crippen LogP contribution in [0.1, 0.15) is 23.6 Å². The highest BCUT2D eigenvalue weighted by atomic mass is 19.1. The highest BCUT2D eigenvalue weighted by Crippen LogP contribution is 2.35. The summed E-state index contributed by atoms with van der Waals surface area (Å²) < 4.78 is 33.8. The van der Waals surface area contributed by atoms with Crippen molar-refractivity contribution in [3.05, 3.63) is 94.7 Å². The van der Waals surface area contributed by atoms with E-state index in [2.05, 4.69) is 5.32 Å². The van der Waals surface area contributed by atoms with E-state index < -0.39 is 29.1 Å². The zero-order valence-electron chi connectivity index (χ0n) is 18.4. The molecule has 0 fully saturated rings. The third-order valence-electron chi connectivity index (χ3n) is 5.46. The topological polar surface area (TPSA) is 58.6 Å². The molecular formula is C26H22F2N2O3. The van der Waals surface area contributed by atoms with Crippen LogP contribution in [0, 0.1) is 25.5 Å². The van der Waals surface area contributed by atoms with Gasteiger partial charge in [0.25, 0.3) is 11.8 Å². The van der Waals surface area contributed by atoms with Crippen LogP contribution in [0.4, 0.5) is 20.2 Å². The Bertz CT molecular complexity index is 1280. The van der Waals surface area contributed by atoms with Crippen LogP contribution in [0.2, 0.25) is 0 Å². The van der Waals surface area contributed by atoms with Gasteiger partial charge in [0.2, 0.25) is 0 Å². The predicted molar refractivity (Wildman–Crippen MR) is 123 cm³/mol. The van der Waals surface area contributed by atoms with Crippen LogP contribution in [0.5, 0.6) is 5.75 Å². The predicted octanol–water partition coefficient (Wildman–Crippen LogP) is 5.38. The Morgan fingerprint density at radius 2 is 1.61 bits per heavy atom. The zero-order chi connectivity index (χ0) is 23.7. The minimum absolute atomic E-state index is 0.0175. The van der Waals surface area contributed by atoms with Gasteiger partial charge >= 0.3 is 0 Å². The minimum Gasteiger partial charge on any atom is -0.494 e. The summed E-state index contributed by atoms with van der Waals surface area (Å²) in [4.78, 5) is 27.4. The number of amides is 2. The number of anilines is 2. The second-order valence-corrected chi connectivity index (χ2v) is 7.67. The summed E-state index contributed by atoms with van der Waals surface area (Å²) >= 11 is 0. The molecule has 0 radical (unpaired) electrons. The first kappa shape index (κ1) is 22.2. The summed E-state index contributed by atoms with van der Waals surface area (Å²) in [5, 5.41) is 3.00. The number of aryl methyl sites for hydroxylation is 2. The summed E-state index contributed by atoms with van der Waals surface area (Å²) in [5.74, 6) is -2.48. The molecule has 0 unspecified atom stereocenters. The summed E-state index contributed by atoms with van der Waals surface area (Å²) in [6, 6.07) is 14.9. The van der Waals surface area contributed by atoms with Gasteiger partial charge in [-0.25, -0.2) is 13.7 Å². The van der Waals surface area contributed by atoms with Crippen LogP contribution in [0.15, 0.2) is 66.4 Å². The van der Waals surface area contributed by atoms with Crippen LogP contribution in [-0.4, -0.2) is 18.4 Å². The monoisotopic (exact) mass is 448 g/mol. The lowest BCUT2D eigenvalue weighted by molar-refractivity contribution is -0.120. The van der Waals surface area contributed by atoms with Gasteiger partial charge in [0.05, 0.1) is 17.9 Å². The van der Waals surface area contributed by atoms with E-state index in [0.717, 1.165) is 29.3 Å². The molecule has 3 aromatic rings. The van der Waals surface area contributed by atoms with Crippen LogP contribution in [0.25, 0.3) is 5.57 Å². The Morgan fingerprint density at radius 3 is 2.27 bits per heavy atom. The molecular weight excluding hydrogens is 426 g/mol. The van der Waals surface area contributed by atoms with Gasteiger partial charge < -0.3 is 10.1 Å². The fourth-order valence-corrected chi connectivity index (χ4v) is 3.63. The Kier molecular flexibility index (Phi) is 5.96. The Labute approximate surface area is 190 Å². The van der Waals surface area contributed by atoms with E-state index in [1.54, 1.807) is 36.4 Å².